The van der Waals surface area contributed by atoms with E-state index in [1.807, 2.05) is 18.2 Å². The van der Waals surface area contributed by atoms with Crippen LogP contribution in [-0.2, 0) is 4.74 Å². The molecule has 6 nitrogen and oxygen atoms in total. The molecule has 0 aliphatic carbocycles. The lowest BCUT2D eigenvalue weighted by atomic mass is 10.1. The number of nitrogens with zero attached hydrogens (tertiary/aromatic N) is 3. The molecule has 2 aliphatic heterocycles. The maximum Gasteiger partial charge on any atom is 0.188 e. The number of rotatable bonds is 8. The van der Waals surface area contributed by atoms with Crippen molar-refractivity contribution in [1.82, 2.24) is 15.1 Å². The van der Waals surface area contributed by atoms with Crippen LogP contribution in [0.25, 0.3) is 0 Å². The Labute approximate surface area is 190 Å². The summed E-state index contributed by atoms with van der Waals surface area (Å²) in [5.41, 5.74) is 7.32. The van der Waals surface area contributed by atoms with E-state index in [9.17, 15) is 0 Å². The van der Waals surface area contributed by atoms with E-state index in [0.717, 1.165) is 63.9 Å². The Morgan fingerprint density at radius 2 is 1.96 bits per heavy atom. The van der Waals surface area contributed by atoms with Gasteiger partial charge in [0, 0.05) is 24.7 Å². The molecule has 1 atom stereocenters. The smallest absolute Gasteiger partial charge is 0.188 e. The number of benzene rings is 1. The van der Waals surface area contributed by atoms with Crippen LogP contribution in [0.4, 0.5) is 0 Å². The van der Waals surface area contributed by atoms with Crippen molar-refractivity contribution in [3.05, 3.63) is 34.9 Å². The molecular formula is C20H33ClIN5O. The number of morpholine rings is 1. The SMILES string of the molecule is I.NC(=NCC(c1cccc(Cl)c1)N1CCCC1)NCCCN1CCOCC1. The van der Waals surface area contributed by atoms with Crippen molar-refractivity contribution < 1.29 is 4.74 Å². The second-order valence-corrected chi connectivity index (χ2v) is 7.71. The molecule has 1 aromatic rings. The van der Waals surface area contributed by atoms with Gasteiger partial charge in [-0.05, 0) is 56.6 Å². The highest BCUT2D eigenvalue weighted by molar-refractivity contribution is 14.0. The number of nitrogens with two attached hydrogens (primary N) is 1. The fourth-order valence-electron chi connectivity index (χ4n) is 3.78. The number of ether oxygens (including phenoxy) is 1. The molecule has 0 spiro atoms. The van der Waals surface area contributed by atoms with E-state index >= 15 is 0 Å². The quantitative estimate of drug-likeness (QED) is 0.238. The molecule has 0 bridgehead atoms. The topological polar surface area (TPSA) is 66.1 Å². The Kier molecular flexibility index (Phi) is 10.9. The number of aliphatic imine (C=N–C) groups is 1. The summed E-state index contributed by atoms with van der Waals surface area (Å²) >= 11 is 6.20. The molecule has 2 saturated heterocycles. The molecular weight excluding hydrogens is 489 g/mol. The number of hydrogen-bond donors (Lipinski definition) is 2. The van der Waals surface area contributed by atoms with Gasteiger partial charge in [0.05, 0.1) is 25.8 Å². The van der Waals surface area contributed by atoms with E-state index in [4.69, 9.17) is 22.1 Å². The summed E-state index contributed by atoms with van der Waals surface area (Å²) in [5, 5.41) is 4.03. The highest BCUT2D eigenvalue weighted by Gasteiger charge is 2.23. The van der Waals surface area contributed by atoms with Gasteiger partial charge in [0.15, 0.2) is 5.96 Å². The summed E-state index contributed by atoms with van der Waals surface area (Å²) in [4.78, 5) is 9.54. The summed E-state index contributed by atoms with van der Waals surface area (Å²) in [5.74, 6) is 0.531. The minimum absolute atomic E-state index is 0. The molecule has 2 aliphatic rings. The minimum Gasteiger partial charge on any atom is -0.379 e. The Hall–Kier alpha value is -0.610. The molecule has 0 aromatic heterocycles. The van der Waals surface area contributed by atoms with Crippen molar-refractivity contribution in [2.75, 3.05) is 59.0 Å². The van der Waals surface area contributed by atoms with Crippen LogP contribution in [0.2, 0.25) is 5.02 Å². The van der Waals surface area contributed by atoms with Gasteiger partial charge in [-0.15, -0.1) is 24.0 Å². The minimum atomic E-state index is 0. The molecule has 3 N–H and O–H groups in total. The fraction of sp³-hybridized carbons (Fsp3) is 0.650. The van der Waals surface area contributed by atoms with Crippen LogP contribution in [0.3, 0.4) is 0 Å². The lowest BCUT2D eigenvalue weighted by Crippen LogP contribution is -2.39. The Balaban J connectivity index is 0.00000280. The highest BCUT2D eigenvalue weighted by atomic mass is 127. The highest BCUT2D eigenvalue weighted by Crippen LogP contribution is 2.27. The maximum atomic E-state index is 6.20. The van der Waals surface area contributed by atoms with Gasteiger partial charge in [-0.25, -0.2) is 0 Å². The first-order chi connectivity index (χ1) is 13.2. The van der Waals surface area contributed by atoms with Gasteiger partial charge in [0.2, 0.25) is 0 Å². The lowest BCUT2D eigenvalue weighted by Gasteiger charge is -2.27. The molecule has 2 heterocycles. The van der Waals surface area contributed by atoms with Crippen LogP contribution < -0.4 is 11.1 Å². The maximum absolute atomic E-state index is 6.20. The van der Waals surface area contributed by atoms with Crippen molar-refractivity contribution in [3.8, 4) is 0 Å². The molecule has 0 saturated carbocycles. The van der Waals surface area contributed by atoms with Gasteiger partial charge >= 0.3 is 0 Å². The number of hydrogen-bond acceptors (Lipinski definition) is 4. The molecule has 1 aromatic carbocycles. The van der Waals surface area contributed by atoms with Gasteiger partial charge in [0.25, 0.3) is 0 Å². The zero-order valence-corrected chi connectivity index (χ0v) is 19.6. The van der Waals surface area contributed by atoms with Crippen molar-refractivity contribution in [2.24, 2.45) is 10.7 Å². The normalized spacial score (nSPS) is 20.0. The van der Waals surface area contributed by atoms with E-state index in [-0.39, 0.29) is 30.0 Å². The molecule has 1 unspecified atom stereocenters. The summed E-state index contributed by atoms with van der Waals surface area (Å²) < 4.78 is 5.38. The first kappa shape index (κ1) is 23.7. The average Bonchev–Trinajstić information content (AvgIpc) is 3.21. The van der Waals surface area contributed by atoms with Crippen molar-refractivity contribution in [2.45, 2.75) is 25.3 Å². The van der Waals surface area contributed by atoms with Crippen LogP contribution in [-0.4, -0.2) is 74.8 Å². The molecule has 2 fully saturated rings. The van der Waals surface area contributed by atoms with Gasteiger partial charge in [0.1, 0.15) is 0 Å². The first-order valence-corrected chi connectivity index (χ1v) is 10.4. The third-order valence-electron chi connectivity index (χ3n) is 5.31. The van der Waals surface area contributed by atoms with E-state index in [0.29, 0.717) is 12.5 Å². The van der Waals surface area contributed by atoms with Crippen LogP contribution in [0.5, 0.6) is 0 Å². The van der Waals surface area contributed by atoms with Crippen LogP contribution in [0.1, 0.15) is 30.9 Å². The number of guanidine groups is 1. The zero-order chi connectivity index (χ0) is 18.9. The van der Waals surface area contributed by atoms with Gasteiger partial charge in [-0.1, -0.05) is 23.7 Å². The second-order valence-electron chi connectivity index (χ2n) is 7.27. The van der Waals surface area contributed by atoms with E-state index in [2.05, 4.69) is 26.2 Å². The number of nitrogens with one attached hydrogen (secondary N) is 1. The third-order valence-corrected chi connectivity index (χ3v) is 5.55. The molecule has 3 rings (SSSR count). The van der Waals surface area contributed by atoms with Crippen molar-refractivity contribution in [3.63, 3.8) is 0 Å². The third kappa shape index (κ3) is 7.67. The Morgan fingerprint density at radius 1 is 1.21 bits per heavy atom. The molecule has 28 heavy (non-hydrogen) atoms. The van der Waals surface area contributed by atoms with Gasteiger partial charge in [-0.2, -0.15) is 0 Å². The summed E-state index contributed by atoms with van der Waals surface area (Å²) in [6, 6.07) is 8.35. The predicted molar refractivity (Wildman–Crippen MR) is 127 cm³/mol. The van der Waals surface area contributed by atoms with Crippen LogP contribution in [0.15, 0.2) is 29.3 Å². The Bertz CT molecular complexity index is 606. The average molecular weight is 522 g/mol. The summed E-state index contributed by atoms with van der Waals surface area (Å²) in [7, 11) is 0. The summed E-state index contributed by atoms with van der Waals surface area (Å²) in [6.07, 6.45) is 3.55. The van der Waals surface area contributed by atoms with Gasteiger partial charge < -0.3 is 15.8 Å². The van der Waals surface area contributed by atoms with E-state index < -0.39 is 0 Å². The van der Waals surface area contributed by atoms with E-state index in [1.54, 1.807) is 0 Å². The van der Waals surface area contributed by atoms with Gasteiger partial charge in [-0.3, -0.25) is 14.8 Å². The van der Waals surface area contributed by atoms with Crippen LogP contribution in [0, 0.1) is 0 Å². The Morgan fingerprint density at radius 3 is 2.68 bits per heavy atom. The molecule has 158 valence electrons. The number of likely N-dealkylation sites (tertiary alicyclic amines) is 1. The first-order valence-electron chi connectivity index (χ1n) is 10.1. The monoisotopic (exact) mass is 521 g/mol. The fourth-order valence-corrected chi connectivity index (χ4v) is 3.98. The predicted octanol–water partition coefficient (Wildman–Crippen LogP) is 2.72. The molecule has 0 radical (unpaired) electrons. The standard InChI is InChI=1S/C20H32ClN5O.HI/c21-18-6-3-5-17(15-18)19(26-9-1-2-10-26)16-24-20(22)23-7-4-8-25-11-13-27-14-12-25;/h3,5-6,15,19H,1-2,4,7-14,16H2,(H3,22,23,24);1H. The van der Waals surface area contributed by atoms with E-state index in [1.165, 1.54) is 18.4 Å². The summed E-state index contributed by atoms with van der Waals surface area (Å²) in [6.45, 7) is 8.54. The van der Waals surface area contributed by atoms with Crippen molar-refractivity contribution in [1.29, 1.82) is 0 Å². The van der Waals surface area contributed by atoms with Crippen LogP contribution >= 0.6 is 35.6 Å². The zero-order valence-electron chi connectivity index (χ0n) is 16.5. The number of halogens is 2. The largest absolute Gasteiger partial charge is 0.379 e. The molecule has 0 amide bonds. The lowest BCUT2D eigenvalue weighted by molar-refractivity contribution is 0.0376. The van der Waals surface area contributed by atoms with Crippen molar-refractivity contribution >= 4 is 41.5 Å². The second kappa shape index (κ2) is 12.8. The molecule has 8 heteroatoms.